The molecule has 0 aliphatic carbocycles. The Bertz CT molecular complexity index is 694. The number of carbonyl (C=O) groups excluding carboxylic acids is 1. The molecule has 0 aliphatic rings. The zero-order valence-corrected chi connectivity index (χ0v) is 12.6. The molecule has 0 fully saturated rings. The summed E-state index contributed by atoms with van der Waals surface area (Å²) in [6.07, 6.45) is 4.53. The molecule has 0 saturated carbocycles. The maximum absolute atomic E-state index is 11.6. The van der Waals surface area contributed by atoms with E-state index in [1.165, 1.54) is 19.1 Å². The van der Waals surface area contributed by atoms with Crippen LogP contribution in [0, 0.1) is 17.0 Å². The molecular weight excluding hydrogens is 284 g/mol. The molecule has 0 atom stereocenters. The number of nitro benzene ring substituents is 1. The minimum absolute atomic E-state index is 0.0789. The van der Waals surface area contributed by atoms with E-state index in [1.807, 2.05) is 17.7 Å². The quantitative estimate of drug-likeness (QED) is 0.367. The fourth-order valence-corrected chi connectivity index (χ4v) is 2.20. The van der Waals surface area contributed by atoms with Gasteiger partial charge >= 0.3 is 0 Å². The number of nitrogens with zero attached hydrogens (tertiary/aromatic N) is 3. The first-order valence-electron chi connectivity index (χ1n) is 7.00. The van der Waals surface area contributed by atoms with Crippen molar-refractivity contribution in [3.05, 3.63) is 52.1 Å². The third-order valence-corrected chi connectivity index (χ3v) is 3.41. The Labute approximate surface area is 128 Å². The van der Waals surface area contributed by atoms with Gasteiger partial charge in [0.2, 0.25) is 0 Å². The third kappa shape index (κ3) is 3.69. The molecule has 1 aromatic heterocycles. The van der Waals surface area contributed by atoms with Crippen LogP contribution in [0.2, 0.25) is 0 Å². The molecule has 7 heteroatoms. The fourth-order valence-electron chi connectivity index (χ4n) is 2.20. The van der Waals surface area contributed by atoms with Crippen molar-refractivity contribution in [3.63, 3.8) is 0 Å². The van der Waals surface area contributed by atoms with Gasteiger partial charge in [-0.3, -0.25) is 14.9 Å². The van der Waals surface area contributed by atoms with Crippen molar-refractivity contribution in [1.29, 1.82) is 0 Å². The van der Waals surface area contributed by atoms with Crippen molar-refractivity contribution in [3.8, 4) is 0 Å². The first-order valence-corrected chi connectivity index (χ1v) is 7.00. The summed E-state index contributed by atoms with van der Waals surface area (Å²) in [7, 11) is 0. The van der Waals surface area contributed by atoms with Gasteiger partial charge in [-0.15, -0.1) is 0 Å². The van der Waals surface area contributed by atoms with Gasteiger partial charge in [0.15, 0.2) is 5.78 Å². The van der Waals surface area contributed by atoms with Crippen LogP contribution in [0.4, 0.5) is 11.4 Å². The highest BCUT2D eigenvalue weighted by molar-refractivity contribution is 6.00. The summed E-state index contributed by atoms with van der Waals surface area (Å²) in [6.45, 7) is 4.83. The van der Waals surface area contributed by atoms with Crippen LogP contribution in [0.15, 0.2) is 30.6 Å². The van der Waals surface area contributed by atoms with Crippen molar-refractivity contribution in [2.45, 2.75) is 26.8 Å². The second-order valence-electron chi connectivity index (χ2n) is 4.99. The second kappa shape index (κ2) is 6.84. The van der Waals surface area contributed by atoms with Crippen molar-refractivity contribution in [2.75, 3.05) is 11.9 Å². The van der Waals surface area contributed by atoms with Crippen LogP contribution in [0.25, 0.3) is 0 Å². The van der Waals surface area contributed by atoms with Gasteiger partial charge in [-0.05, 0) is 26.3 Å². The lowest BCUT2D eigenvalue weighted by molar-refractivity contribution is -0.384. The number of carbonyl (C=O) groups is 1. The van der Waals surface area contributed by atoms with Crippen molar-refractivity contribution < 1.29 is 9.72 Å². The van der Waals surface area contributed by atoms with E-state index in [0.717, 1.165) is 18.8 Å². The molecule has 0 saturated heterocycles. The van der Waals surface area contributed by atoms with Crippen LogP contribution in [-0.4, -0.2) is 26.8 Å². The zero-order valence-electron chi connectivity index (χ0n) is 12.6. The van der Waals surface area contributed by atoms with Crippen LogP contribution in [0.1, 0.15) is 29.5 Å². The second-order valence-corrected chi connectivity index (χ2v) is 4.99. The molecule has 0 bridgehead atoms. The molecule has 1 heterocycles. The lowest BCUT2D eigenvalue weighted by Gasteiger charge is -2.11. The van der Waals surface area contributed by atoms with E-state index in [1.54, 1.807) is 12.3 Å². The molecule has 2 aromatic rings. The summed E-state index contributed by atoms with van der Waals surface area (Å²) >= 11 is 0. The van der Waals surface area contributed by atoms with E-state index < -0.39 is 4.92 Å². The zero-order chi connectivity index (χ0) is 16.1. The number of aryl methyl sites for hydroxylation is 2. The van der Waals surface area contributed by atoms with E-state index in [9.17, 15) is 14.9 Å². The Kier molecular flexibility index (Phi) is 4.88. The Hall–Kier alpha value is -2.70. The summed E-state index contributed by atoms with van der Waals surface area (Å²) in [5, 5.41) is 13.9. The van der Waals surface area contributed by atoms with Crippen LogP contribution in [0.5, 0.6) is 0 Å². The summed E-state index contributed by atoms with van der Waals surface area (Å²) < 4.78 is 2.05. The van der Waals surface area contributed by atoms with E-state index in [0.29, 0.717) is 17.8 Å². The molecule has 22 heavy (non-hydrogen) atoms. The summed E-state index contributed by atoms with van der Waals surface area (Å²) in [6, 6.07) is 4.29. The van der Waals surface area contributed by atoms with Gasteiger partial charge in [0.1, 0.15) is 5.82 Å². The number of non-ortho nitro benzene ring substituents is 1. The third-order valence-electron chi connectivity index (χ3n) is 3.41. The molecule has 116 valence electrons. The Morgan fingerprint density at radius 2 is 2.23 bits per heavy atom. The molecule has 2 rings (SSSR count). The minimum Gasteiger partial charge on any atom is -0.384 e. The number of ketones is 1. The average Bonchev–Trinajstić information content (AvgIpc) is 2.88. The van der Waals surface area contributed by atoms with Gasteiger partial charge in [0.05, 0.1) is 4.92 Å². The molecule has 0 aliphatic heterocycles. The summed E-state index contributed by atoms with van der Waals surface area (Å²) in [5.41, 5.74) is 0.887. The fraction of sp³-hybridized carbons (Fsp3) is 0.333. The Morgan fingerprint density at radius 3 is 2.82 bits per heavy atom. The van der Waals surface area contributed by atoms with Crippen LogP contribution < -0.4 is 5.32 Å². The molecular formula is C15H18N4O3. The van der Waals surface area contributed by atoms with Crippen molar-refractivity contribution in [2.24, 2.45) is 0 Å². The predicted octanol–water partition coefficient (Wildman–Crippen LogP) is 2.80. The molecule has 0 unspecified atom stereocenters. The Balaban J connectivity index is 1.98. The number of hydrogen-bond acceptors (Lipinski definition) is 5. The highest BCUT2D eigenvalue weighted by atomic mass is 16.6. The van der Waals surface area contributed by atoms with E-state index in [2.05, 4.69) is 10.3 Å². The predicted molar refractivity (Wildman–Crippen MR) is 83.2 cm³/mol. The number of aromatic nitrogens is 2. The van der Waals surface area contributed by atoms with Crippen molar-refractivity contribution >= 4 is 17.2 Å². The number of hydrogen-bond donors (Lipinski definition) is 1. The first kappa shape index (κ1) is 15.7. The van der Waals surface area contributed by atoms with Gasteiger partial charge in [-0.2, -0.15) is 0 Å². The molecule has 0 spiro atoms. The molecule has 0 radical (unpaired) electrons. The number of nitro groups is 1. The summed E-state index contributed by atoms with van der Waals surface area (Å²) in [5.74, 6) is 0.761. The average molecular weight is 302 g/mol. The van der Waals surface area contributed by atoms with E-state index >= 15 is 0 Å². The van der Waals surface area contributed by atoms with Crippen LogP contribution in [0.3, 0.4) is 0 Å². The highest BCUT2D eigenvalue weighted by Gasteiger charge is 2.13. The number of benzene rings is 1. The van der Waals surface area contributed by atoms with E-state index in [-0.39, 0.29) is 11.5 Å². The lowest BCUT2D eigenvalue weighted by Crippen LogP contribution is -2.10. The SMILES string of the molecule is CC(=O)c1cc([N+](=O)[O-])ccc1NCCCn1ccnc1C. The lowest BCUT2D eigenvalue weighted by atomic mass is 10.1. The maximum atomic E-state index is 11.6. The molecule has 1 N–H and O–H groups in total. The topological polar surface area (TPSA) is 90.1 Å². The monoisotopic (exact) mass is 302 g/mol. The van der Waals surface area contributed by atoms with Crippen LogP contribution >= 0.6 is 0 Å². The smallest absolute Gasteiger partial charge is 0.270 e. The Morgan fingerprint density at radius 1 is 1.45 bits per heavy atom. The molecule has 0 amide bonds. The van der Waals surface area contributed by atoms with Gasteiger partial charge in [0.25, 0.3) is 5.69 Å². The normalized spacial score (nSPS) is 10.5. The van der Waals surface area contributed by atoms with Gasteiger partial charge in [-0.1, -0.05) is 0 Å². The largest absolute Gasteiger partial charge is 0.384 e. The number of imidazole rings is 1. The standard InChI is InChI=1S/C15H18N4O3/c1-11(20)14-10-13(19(21)22)4-5-15(14)17-6-3-8-18-9-7-16-12(18)2/h4-5,7,9-10,17H,3,6,8H2,1-2H3. The maximum Gasteiger partial charge on any atom is 0.270 e. The number of nitrogens with one attached hydrogen (secondary N) is 1. The highest BCUT2D eigenvalue weighted by Crippen LogP contribution is 2.22. The van der Waals surface area contributed by atoms with E-state index in [4.69, 9.17) is 0 Å². The number of Topliss-reactive ketones (excluding diaryl/α,β-unsaturated/α-hetero) is 1. The molecule has 1 aromatic carbocycles. The minimum atomic E-state index is -0.502. The van der Waals surface area contributed by atoms with Gasteiger partial charge in [-0.25, -0.2) is 4.98 Å². The molecule has 7 nitrogen and oxygen atoms in total. The number of anilines is 1. The first-order chi connectivity index (χ1) is 10.5. The number of rotatable bonds is 7. The van der Waals surface area contributed by atoms with Crippen LogP contribution in [-0.2, 0) is 6.54 Å². The van der Waals surface area contributed by atoms with Gasteiger partial charge < -0.3 is 9.88 Å². The van der Waals surface area contributed by atoms with Crippen molar-refractivity contribution in [1.82, 2.24) is 9.55 Å². The van der Waals surface area contributed by atoms with Gasteiger partial charge in [0, 0.05) is 48.9 Å². The summed E-state index contributed by atoms with van der Waals surface area (Å²) in [4.78, 5) is 26.1.